The molecule has 3 aliphatic rings. The van der Waals surface area contributed by atoms with Gasteiger partial charge in [-0.1, -0.05) is 12.1 Å². The summed E-state index contributed by atoms with van der Waals surface area (Å²) in [5.74, 6) is -0.299. The Kier molecular flexibility index (Phi) is 4.73. The summed E-state index contributed by atoms with van der Waals surface area (Å²) in [6.45, 7) is 1.93. The predicted molar refractivity (Wildman–Crippen MR) is 111 cm³/mol. The predicted octanol–water partition coefficient (Wildman–Crippen LogP) is 2.82. The summed E-state index contributed by atoms with van der Waals surface area (Å²) in [4.78, 5) is 20.9. The number of carbonyl (C=O) groups excluding carboxylic acids is 1. The van der Waals surface area contributed by atoms with E-state index in [1.165, 1.54) is 23.2 Å². The van der Waals surface area contributed by atoms with Gasteiger partial charge < -0.3 is 9.80 Å². The largest absolute Gasteiger partial charge is 0.378 e. The number of piperidine rings is 1. The monoisotopic (exact) mass is 382 g/mol. The van der Waals surface area contributed by atoms with Gasteiger partial charge in [0.2, 0.25) is 5.17 Å². The number of hydrogen-bond acceptors (Lipinski definition) is 6. The first-order chi connectivity index (χ1) is 13.0. The average molecular weight is 382 g/mol. The standard InChI is InChI=1S/C19H22N6OS/c1-23(2)14-8-6-13(7-9-14)12-15-16(20)25-18(21-17(15)26)27-19(22-25)24-10-4-3-5-11-24/h6-9,12,20H,3-5,10-11H2,1-2H3/b15-12-,20-16?. The molecule has 8 heteroatoms. The van der Waals surface area contributed by atoms with E-state index in [0.29, 0.717) is 5.17 Å². The molecule has 1 saturated heterocycles. The van der Waals surface area contributed by atoms with Crippen LogP contribution in [-0.2, 0) is 4.79 Å². The van der Waals surface area contributed by atoms with Crippen LogP contribution >= 0.6 is 11.8 Å². The van der Waals surface area contributed by atoms with Gasteiger partial charge in [0.25, 0.3) is 5.91 Å². The molecule has 140 valence electrons. The molecule has 0 radical (unpaired) electrons. The number of fused-ring (bicyclic) bond motifs is 1. The number of hydrazone groups is 1. The minimum absolute atomic E-state index is 0.0844. The van der Waals surface area contributed by atoms with Crippen LogP contribution in [0.4, 0.5) is 5.69 Å². The highest BCUT2D eigenvalue weighted by atomic mass is 32.2. The molecule has 3 heterocycles. The quantitative estimate of drug-likeness (QED) is 0.796. The first kappa shape index (κ1) is 17.8. The van der Waals surface area contributed by atoms with Crippen LogP contribution in [0.5, 0.6) is 0 Å². The second kappa shape index (κ2) is 7.19. The molecule has 0 atom stereocenters. The van der Waals surface area contributed by atoms with Gasteiger partial charge in [-0.15, -0.1) is 5.10 Å². The first-order valence-corrected chi connectivity index (χ1v) is 9.87. The van der Waals surface area contributed by atoms with Crippen molar-refractivity contribution in [2.24, 2.45) is 10.1 Å². The van der Waals surface area contributed by atoms with Crippen molar-refractivity contribution in [2.45, 2.75) is 19.3 Å². The third kappa shape index (κ3) is 3.49. The molecule has 0 aromatic heterocycles. The Morgan fingerprint density at radius 1 is 1.11 bits per heavy atom. The second-order valence-electron chi connectivity index (χ2n) is 6.94. The average Bonchev–Trinajstić information content (AvgIpc) is 3.10. The molecule has 1 aromatic carbocycles. The molecule has 0 unspecified atom stereocenters. The molecule has 0 saturated carbocycles. The molecule has 3 aliphatic heterocycles. The lowest BCUT2D eigenvalue weighted by molar-refractivity contribution is -0.114. The fourth-order valence-corrected chi connectivity index (χ4v) is 4.17. The van der Waals surface area contributed by atoms with Crippen LogP contribution in [0, 0.1) is 5.41 Å². The number of nitrogens with zero attached hydrogens (tertiary/aromatic N) is 5. The molecule has 1 amide bonds. The number of amides is 1. The molecule has 0 spiro atoms. The summed E-state index contributed by atoms with van der Waals surface area (Å²) in [6, 6.07) is 7.83. The van der Waals surface area contributed by atoms with Gasteiger partial charge in [-0.05, 0) is 54.8 Å². The van der Waals surface area contributed by atoms with Crippen LogP contribution in [0.15, 0.2) is 39.9 Å². The van der Waals surface area contributed by atoms with Crippen molar-refractivity contribution in [3.63, 3.8) is 0 Å². The number of amidine groups is 3. The number of rotatable bonds is 2. The van der Waals surface area contributed by atoms with E-state index in [2.05, 4.69) is 15.0 Å². The highest BCUT2D eigenvalue weighted by molar-refractivity contribution is 8.26. The highest BCUT2D eigenvalue weighted by Crippen LogP contribution is 2.30. The second-order valence-corrected chi connectivity index (χ2v) is 7.87. The van der Waals surface area contributed by atoms with Crippen molar-refractivity contribution < 1.29 is 4.79 Å². The van der Waals surface area contributed by atoms with E-state index in [1.54, 1.807) is 6.08 Å². The normalized spacial score (nSPS) is 21.3. The Bertz CT molecular complexity index is 865. The van der Waals surface area contributed by atoms with Crippen molar-refractivity contribution in [3.8, 4) is 0 Å². The zero-order valence-corrected chi connectivity index (χ0v) is 16.3. The van der Waals surface area contributed by atoms with Gasteiger partial charge in [-0.2, -0.15) is 10.0 Å². The Balaban J connectivity index is 1.59. The third-order valence-corrected chi connectivity index (χ3v) is 5.76. The van der Waals surface area contributed by atoms with Gasteiger partial charge in [0.05, 0.1) is 5.57 Å². The van der Waals surface area contributed by atoms with Crippen molar-refractivity contribution in [1.29, 1.82) is 5.41 Å². The third-order valence-electron chi connectivity index (χ3n) is 4.79. The number of likely N-dealkylation sites (tertiary alicyclic amines) is 1. The molecule has 1 aromatic rings. The van der Waals surface area contributed by atoms with Crippen molar-refractivity contribution >= 4 is 45.6 Å². The Hall–Kier alpha value is -2.61. The van der Waals surface area contributed by atoms with Crippen molar-refractivity contribution in [1.82, 2.24) is 9.91 Å². The maximum Gasteiger partial charge on any atom is 0.283 e. The van der Waals surface area contributed by atoms with Crippen molar-refractivity contribution in [3.05, 3.63) is 35.4 Å². The summed E-state index contributed by atoms with van der Waals surface area (Å²) in [6.07, 6.45) is 5.25. The number of thioether (sulfide) groups is 1. The van der Waals surface area contributed by atoms with Crippen LogP contribution in [-0.4, -0.2) is 59.2 Å². The van der Waals surface area contributed by atoms with Crippen LogP contribution in [0.2, 0.25) is 0 Å². The van der Waals surface area contributed by atoms with Gasteiger partial charge in [0, 0.05) is 32.9 Å². The van der Waals surface area contributed by atoms with Gasteiger partial charge in [0.1, 0.15) is 0 Å². The molecule has 0 bridgehead atoms. The molecule has 1 fully saturated rings. The number of aliphatic imine (C=N–C) groups is 1. The minimum atomic E-state index is -0.384. The van der Waals surface area contributed by atoms with E-state index in [9.17, 15) is 4.79 Å². The maximum absolute atomic E-state index is 12.5. The van der Waals surface area contributed by atoms with E-state index in [1.807, 2.05) is 43.3 Å². The van der Waals surface area contributed by atoms with Gasteiger partial charge in [-0.3, -0.25) is 10.2 Å². The van der Waals surface area contributed by atoms with Gasteiger partial charge in [-0.25, -0.2) is 0 Å². The lowest BCUT2D eigenvalue weighted by Gasteiger charge is -2.26. The Labute approximate surface area is 162 Å². The SMILES string of the molecule is CN(C)c1ccc(/C=C2/C(=N)N3N=C(N4CCCCC4)SC3=NC2=O)cc1. The van der Waals surface area contributed by atoms with E-state index in [-0.39, 0.29) is 17.3 Å². The fraction of sp³-hybridized carbons (Fsp3) is 0.368. The summed E-state index contributed by atoms with van der Waals surface area (Å²) >= 11 is 1.38. The number of carbonyl (C=O) groups is 1. The molecule has 1 N–H and O–H groups in total. The highest BCUT2D eigenvalue weighted by Gasteiger charge is 2.37. The number of nitrogens with one attached hydrogen (secondary N) is 1. The summed E-state index contributed by atoms with van der Waals surface area (Å²) in [5.41, 5.74) is 2.20. The topological polar surface area (TPSA) is 75.4 Å². The molecule has 0 aliphatic carbocycles. The molecule has 4 rings (SSSR count). The Morgan fingerprint density at radius 3 is 2.48 bits per heavy atom. The number of anilines is 1. The summed E-state index contributed by atoms with van der Waals surface area (Å²) < 4.78 is 0. The maximum atomic E-state index is 12.5. The summed E-state index contributed by atoms with van der Waals surface area (Å²) in [7, 11) is 3.96. The molecule has 27 heavy (non-hydrogen) atoms. The lowest BCUT2D eigenvalue weighted by Crippen LogP contribution is -2.35. The zero-order valence-electron chi connectivity index (χ0n) is 15.5. The van der Waals surface area contributed by atoms with Gasteiger partial charge in [0.15, 0.2) is 11.0 Å². The van der Waals surface area contributed by atoms with Gasteiger partial charge >= 0.3 is 0 Å². The molecular formula is C19H22N6OS. The van der Waals surface area contributed by atoms with E-state index < -0.39 is 0 Å². The Morgan fingerprint density at radius 2 is 1.81 bits per heavy atom. The zero-order chi connectivity index (χ0) is 19.0. The fourth-order valence-electron chi connectivity index (χ4n) is 3.23. The smallest absolute Gasteiger partial charge is 0.283 e. The van der Waals surface area contributed by atoms with E-state index >= 15 is 0 Å². The molecule has 7 nitrogen and oxygen atoms in total. The number of benzene rings is 1. The van der Waals surface area contributed by atoms with E-state index in [4.69, 9.17) is 5.41 Å². The number of hydrogen-bond donors (Lipinski definition) is 1. The van der Waals surface area contributed by atoms with Crippen molar-refractivity contribution in [2.75, 3.05) is 32.1 Å². The molecular weight excluding hydrogens is 360 g/mol. The minimum Gasteiger partial charge on any atom is -0.378 e. The van der Waals surface area contributed by atoms with Crippen LogP contribution in [0.1, 0.15) is 24.8 Å². The summed E-state index contributed by atoms with van der Waals surface area (Å²) in [5, 5.41) is 15.8. The lowest BCUT2D eigenvalue weighted by atomic mass is 10.1. The first-order valence-electron chi connectivity index (χ1n) is 9.05. The van der Waals surface area contributed by atoms with E-state index in [0.717, 1.165) is 42.3 Å². The van der Waals surface area contributed by atoms with Crippen LogP contribution in [0.3, 0.4) is 0 Å². The van der Waals surface area contributed by atoms with Crippen LogP contribution in [0.25, 0.3) is 6.08 Å². The van der Waals surface area contributed by atoms with Crippen LogP contribution < -0.4 is 4.90 Å².